The number of aromatic nitrogens is 1. The van der Waals surface area contributed by atoms with Crippen LogP contribution in [0.25, 0.3) is 0 Å². The zero-order valence-electron chi connectivity index (χ0n) is 20.0. The number of rotatable bonds is 6. The molecule has 3 atom stereocenters. The van der Waals surface area contributed by atoms with Crippen molar-refractivity contribution < 1.29 is 18.3 Å². The fraction of sp³-hybridized carbons (Fsp3) is 0.536. The average molecular weight is 486 g/mol. The molecule has 1 aliphatic heterocycles. The van der Waals surface area contributed by atoms with E-state index in [0.29, 0.717) is 24.3 Å². The van der Waals surface area contributed by atoms with Gasteiger partial charge in [0.15, 0.2) is 0 Å². The highest BCUT2D eigenvalue weighted by Crippen LogP contribution is 2.36. The summed E-state index contributed by atoms with van der Waals surface area (Å²) >= 11 is 0. The second-order valence-electron chi connectivity index (χ2n) is 9.74. The first-order valence-electron chi connectivity index (χ1n) is 12.7. The Labute approximate surface area is 206 Å². The van der Waals surface area contributed by atoms with Crippen molar-refractivity contribution >= 4 is 11.5 Å². The normalized spacial score (nSPS) is 22.9. The third kappa shape index (κ3) is 7.14. The van der Waals surface area contributed by atoms with Crippen molar-refractivity contribution in [3.05, 3.63) is 53.7 Å². The lowest BCUT2D eigenvalue weighted by Crippen LogP contribution is -2.39. The number of alkyl halides is 3. The summed E-state index contributed by atoms with van der Waals surface area (Å²) in [6.45, 7) is 1.84. The number of hydrogen-bond donors (Lipinski definition) is 2. The average Bonchev–Trinajstić information content (AvgIpc) is 2.85. The molecule has 2 N–H and O–H groups in total. The molecule has 2 fully saturated rings. The first kappa shape index (κ1) is 25.4. The molecule has 4 nitrogen and oxygen atoms in total. The molecule has 0 unspecified atom stereocenters. The monoisotopic (exact) mass is 485 g/mol. The molecule has 0 bridgehead atoms. The number of benzene rings is 1. The van der Waals surface area contributed by atoms with Crippen molar-refractivity contribution in [1.29, 1.82) is 0 Å². The summed E-state index contributed by atoms with van der Waals surface area (Å²) in [5.41, 5.74) is 1.18. The zero-order chi connectivity index (χ0) is 24.7. The van der Waals surface area contributed by atoms with Gasteiger partial charge in [0.2, 0.25) is 0 Å². The van der Waals surface area contributed by atoms with E-state index in [1.165, 1.54) is 31.4 Å². The van der Waals surface area contributed by atoms with Crippen molar-refractivity contribution in [2.75, 3.05) is 29.9 Å². The predicted octanol–water partition coefficient (Wildman–Crippen LogP) is 6.11. The Kier molecular flexibility index (Phi) is 8.56. The van der Waals surface area contributed by atoms with Gasteiger partial charge in [-0.1, -0.05) is 24.7 Å². The summed E-state index contributed by atoms with van der Waals surface area (Å²) in [4.78, 5) is 6.75. The molecule has 0 spiro atoms. The number of hydrogen-bond acceptors (Lipinski definition) is 4. The molecule has 2 heterocycles. The molecule has 2 aliphatic rings. The van der Waals surface area contributed by atoms with E-state index in [-0.39, 0.29) is 6.61 Å². The summed E-state index contributed by atoms with van der Waals surface area (Å²) in [5, 5.41) is 12.6. The Bertz CT molecular complexity index is 1010. The Morgan fingerprint density at radius 1 is 1.06 bits per heavy atom. The zero-order valence-corrected chi connectivity index (χ0v) is 20.0. The van der Waals surface area contributed by atoms with Gasteiger partial charge in [-0.15, -0.1) is 0 Å². The largest absolute Gasteiger partial charge is 0.416 e. The van der Waals surface area contributed by atoms with Crippen LogP contribution < -0.4 is 10.2 Å². The van der Waals surface area contributed by atoms with Gasteiger partial charge in [0.1, 0.15) is 5.82 Å². The van der Waals surface area contributed by atoms with Crippen LogP contribution in [0.2, 0.25) is 0 Å². The summed E-state index contributed by atoms with van der Waals surface area (Å²) in [7, 11) is 0. The second-order valence-corrected chi connectivity index (χ2v) is 9.74. The number of pyridine rings is 1. The number of aliphatic hydroxyl groups excluding tert-OH is 1. The maximum Gasteiger partial charge on any atom is 0.416 e. The van der Waals surface area contributed by atoms with E-state index in [4.69, 9.17) is 5.11 Å². The van der Waals surface area contributed by atoms with E-state index in [9.17, 15) is 13.2 Å². The minimum absolute atomic E-state index is 0.0599. The third-order valence-corrected chi connectivity index (χ3v) is 7.19. The predicted molar refractivity (Wildman–Crippen MR) is 133 cm³/mol. The second kappa shape index (κ2) is 11.8. The molecule has 1 aromatic heterocycles. The summed E-state index contributed by atoms with van der Waals surface area (Å²) < 4.78 is 38.8. The molecule has 188 valence electrons. The van der Waals surface area contributed by atoms with Crippen LogP contribution in [0.1, 0.15) is 62.5 Å². The molecular weight excluding hydrogens is 451 g/mol. The van der Waals surface area contributed by atoms with E-state index in [1.807, 2.05) is 12.1 Å². The maximum absolute atomic E-state index is 12.9. The van der Waals surface area contributed by atoms with Gasteiger partial charge in [0.25, 0.3) is 0 Å². The molecular formula is C28H34F3N3O. The van der Waals surface area contributed by atoms with E-state index < -0.39 is 11.7 Å². The lowest BCUT2D eigenvalue weighted by molar-refractivity contribution is -0.137. The van der Waals surface area contributed by atoms with Gasteiger partial charge in [-0.25, -0.2) is 4.98 Å². The van der Waals surface area contributed by atoms with Crippen LogP contribution in [0.3, 0.4) is 0 Å². The van der Waals surface area contributed by atoms with Crippen molar-refractivity contribution in [2.24, 2.45) is 11.8 Å². The Morgan fingerprint density at radius 2 is 1.86 bits per heavy atom. The van der Waals surface area contributed by atoms with E-state index in [0.717, 1.165) is 55.8 Å². The maximum atomic E-state index is 12.9. The Morgan fingerprint density at radius 3 is 2.63 bits per heavy atom. The molecule has 1 saturated carbocycles. The van der Waals surface area contributed by atoms with Gasteiger partial charge >= 0.3 is 6.18 Å². The lowest BCUT2D eigenvalue weighted by atomic mass is 9.77. The van der Waals surface area contributed by atoms with Gasteiger partial charge < -0.3 is 15.3 Å². The highest BCUT2D eigenvalue weighted by Gasteiger charge is 2.32. The summed E-state index contributed by atoms with van der Waals surface area (Å²) in [5.74, 6) is 7.95. The third-order valence-electron chi connectivity index (χ3n) is 7.19. The molecule has 1 saturated heterocycles. The number of nitrogens with one attached hydrogen (secondary N) is 1. The van der Waals surface area contributed by atoms with E-state index in [1.54, 1.807) is 18.3 Å². The van der Waals surface area contributed by atoms with Crippen LogP contribution in [0.15, 0.2) is 42.6 Å². The van der Waals surface area contributed by atoms with Crippen LogP contribution in [0.4, 0.5) is 24.7 Å². The summed E-state index contributed by atoms with van der Waals surface area (Å²) in [6, 6.07) is 9.81. The van der Waals surface area contributed by atoms with Gasteiger partial charge in [0.05, 0.1) is 12.2 Å². The number of aliphatic hydroxyl groups is 1. The molecule has 7 heteroatoms. The van der Waals surface area contributed by atoms with Crippen LogP contribution in [-0.2, 0) is 6.18 Å². The van der Waals surface area contributed by atoms with Crippen molar-refractivity contribution in [3.8, 4) is 11.8 Å². The number of halogens is 3. The molecule has 35 heavy (non-hydrogen) atoms. The standard InChI is InChI=1S/C28H34F3N3O/c29-28(30,31)24-10-12-25(13-11-24)34-16-5-7-22(20-34)18-23-8-1-2-9-26(23)33-27-19-21(14-15-32-27)6-3-4-17-35/h10-15,19,22-23,26,35H,1-2,4-5,7-9,16-18,20H2,(H,32,33)/t22-,23+,26-/m1/s1. The molecule has 4 rings (SSSR count). The van der Waals surface area contributed by atoms with Crippen LogP contribution in [0, 0.1) is 23.7 Å². The van der Waals surface area contributed by atoms with Gasteiger partial charge in [-0.3, -0.25) is 0 Å². The van der Waals surface area contributed by atoms with Crippen LogP contribution in [0.5, 0.6) is 0 Å². The Hall–Kier alpha value is -2.72. The minimum atomic E-state index is -4.30. The van der Waals surface area contributed by atoms with E-state index in [2.05, 4.69) is 27.0 Å². The lowest BCUT2D eigenvalue weighted by Gasteiger charge is -2.39. The minimum Gasteiger partial charge on any atom is -0.395 e. The number of piperidine rings is 1. The first-order valence-corrected chi connectivity index (χ1v) is 12.7. The quantitative estimate of drug-likeness (QED) is 0.485. The SMILES string of the molecule is OCCC#Cc1ccnc(N[C@@H]2CCCC[C@H]2C[C@H]2CCCN(c3ccc(C(F)(F)F)cc3)C2)c1. The van der Waals surface area contributed by atoms with Crippen molar-refractivity contribution in [2.45, 2.75) is 63.6 Å². The fourth-order valence-electron chi connectivity index (χ4n) is 5.46. The smallest absolute Gasteiger partial charge is 0.395 e. The fourth-order valence-corrected chi connectivity index (χ4v) is 5.46. The first-order chi connectivity index (χ1) is 16.9. The topological polar surface area (TPSA) is 48.4 Å². The van der Waals surface area contributed by atoms with Crippen molar-refractivity contribution in [3.63, 3.8) is 0 Å². The number of anilines is 2. The Balaban J connectivity index is 1.37. The molecule has 2 aromatic rings. The highest BCUT2D eigenvalue weighted by atomic mass is 19.4. The van der Waals surface area contributed by atoms with Gasteiger partial charge in [0, 0.05) is 43.0 Å². The number of nitrogens with zero attached hydrogens (tertiary/aromatic N) is 2. The summed E-state index contributed by atoms with van der Waals surface area (Å²) in [6.07, 6.45) is 6.00. The van der Waals surface area contributed by atoms with Gasteiger partial charge in [-0.2, -0.15) is 13.2 Å². The molecule has 1 aliphatic carbocycles. The van der Waals surface area contributed by atoms with Crippen LogP contribution >= 0.6 is 0 Å². The van der Waals surface area contributed by atoms with Crippen molar-refractivity contribution in [1.82, 2.24) is 4.98 Å². The van der Waals surface area contributed by atoms with Gasteiger partial charge in [-0.05, 0) is 80.3 Å². The highest BCUT2D eigenvalue weighted by molar-refractivity contribution is 5.48. The van der Waals surface area contributed by atoms with E-state index >= 15 is 0 Å². The van der Waals surface area contributed by atoms with Crippen LogP contribution in [-0.4, -0.2) is 35.8 Å². The molecule has 0 amide bonds. The molecule has 1 aromatic carbocycles. The molecule has 0 radical (unpaired) electrons.